The van der Waals surface area contributed by atoms with Crippen LogP contribution in [-0.4, -0.2) is 37.0 Å². The third kappa shape index (κ3) is 4.27. The summed E-state index contributed by atoms with van der Waals surface area (Å²) in [6.07, 6.45) is 2.10. The average Bonchev–Trinajstić information content (AvgIpc) is 2.52. The van der Waals surface area contributed by atoms with Gasteiger partial charge in [0.25, 0.3) is 0 Å². The van der Waals surface area contributed by atoms with Crippen LogP contribution in [0.4, 0.5) is 4.39 Å². The van der Waals surface area contributed by atoms with Gasteiger partial charge in [-0.05, 0) is 56.5 Å². The van der Waals surface area contributed by atoms with Gasteiger partial charge < -0.3 is 10.2 Å². The van der Waals surface area contributed by atoms with Crippen molar-refractivity contribution in [3.05, 3.63) is 35.6 Å². The minimum Gasteiger partial charge on any atom is -0.342 e. The fraction of sp³-hybridized carbons (Fsp3) is 0.588. The van der Waals surface area contributed by atoms with Crippen LogP contribution in [0, 0.1) is 11.7 Å². The number of carbonyl (C=O) groups excluding carboxylic acids is 1. The lowest BCUT2D eigenvalue weighted by Gasteiger charge is -2.33. The second-order valence-electron chi connectivity index (χ2n) is 5.85. The highest BCUT2D eigenvalue weighted by Crippen LogP contribution is 2.23. The largest absolute Gasteiger partial charge is 0.342 e. The normalized spacial score (nSPS) is 17.8. The van der Waals surface area contributed by atoms with E-state index in [9.17, 15) is 9.18 Å². The molecule has 1 N–H and O–H groups in total. The molecule has 21 heavy (non-hydrogen) atoms. The predicted octanol–water partition coefficient (Wildman–Crippen LogP) is 2.78. The van der Waals surface area contributed by atoms with Gasteiger partial charge in [0.15, 0.2) is 0 Å². The smallest absolute Gasteiger partial charge is 0.229 e. The van der Waals surface area contributed by atoms with Gasteiger partial charge in [0, 0.05) is 13.1 Å². The maximum Gasteiger partial charge on any atom is 0.229 e. The van der Waals surface area contributed by atoms with E-state index in [4.69, 9.17) is 0 Å². The molecule has 1 aromatic carbocycles. The first-order valence-electron chi connectivity index (χ1n) is 7.86. The van der Waals surface area contributed by atoms with Crippen LogP contribution in [0.1, 0.15) is 38.2 Å². The van der Waals surface area contributed by atoms with Crippen molar-refractivity contribution in [2.24, 2.45) is 5.92 Å². The lowest BCUT2D eigenvalue weighted by Crippen LogP contribution is -2.42. The third-order valence-corrected chi connectivity index (χ3v) is 4.33. The van der Waals surface area contributed by atoms with Crippen molar-refractivity contribution in [3.63, 3.8) is 0 Å². The highest BCUT2D eigenvalue weighted by Gasteiger charge is 2.26. The van der Waals surface area contributed by atoms with Gasteiger partial charge in [-0.15, -0.1) is 0 Å². The molecule has 1 fully saturated rings. The molecule has 1 heterocycles. The topological polar surface area (TPSA) is 32.3 Å². The molecule has 4 heteroatoms. The number of rotatable bonds is 5. The molecular weight excluding hydrogens is 267 g/mol. The molecule has 1 aromatic rings. The Bertz CT molecular complexity index is 470. The Morgan fingerprint density at radius 2 is 2.14 bits per heavy atom. The number of benzene rings is 1. The maximum absolute atomic E-state index is 13.3. The first kappa shape index (κ1) is 16.0. The van der Waals surface area contributed by atoms with Crippen LogP contribution in [0.2, 0.25) is 0 Å². The van der Waals surface area contributed by atoms with Crippen LogP contribution in [-0.2, 0) is 4.79 Å². The number of likely N-dealkylation sites (tertiary alicyclic amines) is 1. The molecule has 1 aliphatic rings. The van der Waals surface area contributed by atoms with E-state index in [2.05, 4.69) is 12.2 Å². The molecule has 1 aliphatic heterocycles. The number of halogens is 1. The zero-order chi connectivity index (χ0) is 15.2. The summed E-state index contributed by atoms with van der Waals surface area (Å²) in [6.45, 7) is 7.64. The van der Waals surface area contributed by atoms with Gasteiger partial charge in [-0.1, -0.05) is 19.1 Å². The summed E-state index contributed by atoms with van der Waals surface area (Å²) in [5.41, 5.74) is 0.759. The zero-order valence-electron chi connectivity index (χ0n) is 12.9. The van der Waals surface area contributed by atoms with E-state index in [0.717, 1.165) is 44.6 Å². The van der Waals surface area contributed by atoms with Gasteiger partial charge in [-0.25, -0.2) is 4.39 Å². The third-order valence-electron chi connectivity index (χ3n) is 4.33. The van der Waals surface area contributed by atoms with Gasteiger partial charge in [0.05, 0.1) is 5.92 Å². The zero-order valence-corrected chi connectivity index (χ0v) is 12.9. The lowest BCUT2D eigenvalue weighted by molar-refractivity contribution is -0.133. The Balaban J connectivity index is 1.89. The van der Waals surface area contributed by atoms with Gasteiger partial charge in [-0.2, -0.15) is 0 Å². The Kier molecular flexibility index (Phi) is 5.74. The molecule has 1 atom stereocenters. The average molecular weight is 292 g/mol. The van der Waals surface area contributed by atoms with Crippen molar-refractivity contribution in [3.8, 4) is 0 Å². The van der Waals surface area contributed by atoms with Crippen molar-refractivity contribution in [2.75, 3.05) is 26.2 Å². The van der Waals surface area contributed by atoms with E-state index >= 15 is 0 Å². The van der Waals surface area contributed by atoms with Gasteiger partial charge in [0.1, 0.15) is 5.82 Å². The van der Waals surface area contributed by atoms with Crippen molar-refractivity contribution < 1.29 is 9.18 Å². The summed E-state index contributed by atoms with van der Waals surface area (Å²) in [6, 6.07) is 6.36. The van der Waals surface area contributed by atoms with Crippen LogP contribution < -0.4 is 5.32 Å². The van der Waals surface area contributed by atoms with Crippen LogP contribution in [0.5, 0.6) is 0 Å². The predicted molar refractivity (Wildman–Crippen MR) is 82.7 cm³/mol. The number of nitrogens with one attached hydrogen (secondary N) is 1. The second-order valence-corrected chi connectivity index (χ2v) is 5.85. The summed E-state index contributed by atoms with van der Waals surface area (Å²) in [4.78, 5) is 14.4. The van der Waals surface area contributed by atoms with Gasteiger partial charge in [0.2, 0.25) is 5.91 Å². The minimum absolute atomic E-state index is 0.113. The summed E-state index contributed by atoms with van der Waals surface area (Å²) >= 11 is 0. The lowest BCUT2D eigenvalue weighted by atomic mass is 9.94. The molecule has 1 unspecified atom stereocenters. The summed E-state index contributed by atoms with van der Waals surface area (Å²) < 4.78 is 13.3. The van der Waals surface area contributed by atoms with Crippen LogP contribution in [0.3, 0.4) is 0 Å². The fourth-order valence-electron chi connectivity index (χ4n) is 2.90. The quantitative estimate of drug-likeness (QED) is 0.905. The van der Waals surface area contributed by atoms with Crippen molar-refractivity contribution in [2.45, 2.75) is 32.6 Å². The van der Waals surface area contributed by atoms with E-state index in [1.807, 2.05) is 17.9 Å². The molecular formula is C17H25FN2O. The summed E-state index contributed by atoms with van der Waals surface area (Å²) in [7, 11) is 0. The van der Waals surface area contributed by atoms with E-state index in [0.29, 0.717) is 5.92 Å². The molecule has 0 bridgehead atoms. The van der Waals surface area contributed by atoms with Crippen LogP contribution >= 0.6 is 0 Å². The van der Waals surface area contributed by atoms with Crippen LogP contribution in [0.15, 0.2) is 24.3 Å². The first-order valence-corrected chi connectivity index (χ1v) is 7.86. The van der Waals surface area contributed by atoms with Crippen molar-refractivity contribution in [1.82, 2.24) is 10.2 Å². The number of piperidine rings is 1. The fourth-order valence-corrected chi connectivity index (χ4v) is 2.90. The van der Waals surface area contributed by atoms with Crippen molar-refractivity contribution >= 4 is 5.91 Å². The van der Waals surface area contributed by atoms with Crippen molar-refractivity contribution in [1.29, 1.82) is 0 Å². The molecule has 1 saturated heterocycles. The number of carbonyl (C=O) groups is 1. The highest BCUT2D eigenvalue weighted by atomic mass is 19.1. The molecule has 0 aliphatic carbocycles. The van der Waals surface area contributed by atoms with E-state index in [1.165, 1.54) is 12.1 Å². The molecule has 3 nitrogen and oxygen atoms in total. The van der Waals surface area contributed by atoms with E-state index in [1.54, 1.807) is 6.07 Å². The molecule has 0 saturated carbocycles. The monoisotopic (exact) mass is 292 g/mol. The van der Waals surface area contributed by atoms with E-state index in [-0.39, 0.29) is 17.6 Å². The molecule has 1 amide bonds. The molecule has 0 radical (unpaired) electrons. The Morgan fingerprint density at radius 3 is 2.76 bits per heavy atom. The summed E-state index contributed by atoms with van der Waals surface area (Å²) in [5.74, 6) is 0.225. The second kappa shape index (κ2) is 7.55. The Morgan fingerprint density at radius 1 is 1.43 bits per heavy atom. The SMILES string of the molecule is CCNCC1CCN(C(=O)C(C)c2cccc(F)c2)CC1. The standard InChI is InChI=1S/C17H25FN2O/c1-3-19-12-14-7-9-20(10-8-14)17(21)13(2)15-5-4-6-16(18)11-15/h4-6,11,13-14,19H,3,7-10,12H2,1-2H3. The molecule has 2 rings (SSSR count). The summed E-state index contributed by atoms with van der Waals surface area (Å²) in [5, 5.41) is 3.37. The van der Waals surface area contributed by atoms with Gasteiger partial charge >= 0.3 is 0 Å². The molecule has 0 spiro atoms. The Labute approximate surface area is 126 Å². The minimum atomic E-state index is -0.281. The number of amides is 1. The first-order chi connectivity index (χ1) is 10.1. The Hall–Kier alpha value is -1.42. The highest BCUT2D eigenvalue weighted by molar-refractivity contribution is 5.83. The van der Waals surface area contributed by atoms with Crippen LogP contribution in [0.25, 0.3) is 0 Å². The number of hydrogen-bond donors (Lipinski definition) is 1. The number of nitrogens with zero attached hydrogens (tertiary/aromatic N) is 1. The van der Waals surface area contributed by atoms with Gasteiger partial charge in [-0.3, -0.25) is 4.79 Å². The number of hydrogen-bond acceptors (Lipinski definition) is 2. The van der Waals surface area contributed by atoms with E-state index < -0.39 is 0 Å². The maximum atomic E-state index is 13.3. The molecule has 116 valence electrons. The molecule has 0 aromatic heterocycles.